The van der Waals surface area contributed by atoms with Crippen LogP contribution in [0.3, 0.4) is 0 Å². The highest BCUT2D eigenvalue weighted by molar-refractivity contribution is 5.80. The Morgan fingerprint density at radius 1 is 1.30 bits per heavy atom. The quantitative estimate of drug-likeness (QED) is 0.872. The number of likely N-dealkylation sites (tertiary alicyclic amines) is 1. The van der Waals surface area contributed by atoms with E-state index in [2.05, 4.69) is 11.2 Å². The lowest BCUT2D eigenvalue weighted by Gasteiger charge is -2.31. The van der Waals surface area contributed by atoms with Crippen LogP contribution in [0.4, 0.5) is 0 Å². The summed E-state index contributed by atoms with van der Waals surface area (Å²) in [5.74, 6) is 1.09. The van der Waals surface area contributed by atoms with Crippen molar-refractivity contribution in [1.29, 1.82) is 0 Å². The van der Waals surface area contributed by atoms with E-state index < -0.39 is 0 Å². The summed E-state index contributed by atoms with van der Waals surface area (Å²) in [6.45, 7) is 2.12. The van der Waals surface area contributed by atoms with Crippen molar-refractivity contribution in [3.63, 3.8) is 0 Å². The first-order valence-corrected chi connectivity index (χ1v) is 8.30. The summed E-state index contributed by atoms with van der Waals surface area (Å²) in [6, 6.07) is 10.2. The van der Waals surface area contributed by atoms with E-state index in [9.17, 15) is 4.79 Å². The largest absolute Gasteiger partial charge is 0.492 e. The van der Waals surface area contributed by atoms with E-state index >= 15 is 0 Å². The van der Waals surface area contributed by atoms with Crippen molar-refractivity contribution >= 4 is 5.91 Å². The molecule has 0 N–H and O–H groups in total. The van der Waals surface area contributed by atoms with Crippen molar-refractivity contribution in [1.82, 2.24) is 14.7 Å². The Bertz CT molecular complexity index is 683. The van der Waals surface area contributed by atoms with Gasteiger partial charge in [0.25, 0.3) is 0 Å². The van der Waals surface area contributed by atoms with Gasteiger partial charge in [0.15, 0.2) is 0 Å². The summed E-state index contributed by atoms with van der Waals surface area (Å²) in [6.07, 6.45) is 6.64. The number of aromatic nitrogens is 2. The van der Waals surface area contributed by atoms with E-state index in [4.69, 9.17) is 4.74 Å². The van der Waals surface area contributed by atoms with Gasteiger partial charge in [-0.3, -0.25) is 9.48 Å². The smallest absolute Gasteiger partial charge is 0.229 e. The molecule has 0 radical (unpaired) electrons. The fraction of sp³-hybridized carbons (Fsp3) is 0.444. The van der Waals surface area contributed by atoms with Crippen molar-refractivity contribution in [2.24, 2.45) is 5.92 Å². The van der Waals surface area contributed by atoms with Crippen molar-refractivity contribution < 1.29 is 9.53 Å². The molecule has 23 heavy (non-hydrogen) atoms. The van der Waals surface area contributed by atoms with Gasteiger partial charge in [0.05, 0.1) is 18.5 Å². The Kier molecular flexibility index (Phi) is 3.77. The number of benzene rings is 1. The summed E-state index contributed by atoms with van der Waals surface area (Å²) >= 11 is 0. The zero-order chi connectivity index (χ0) is 15.6. The first kappa shape index (κ1) is 14.3. The third kappa shape index (κ3) is 2.83. The predicted octanol–water partition coefficient (Wildman–Crippen LogP) is 2.13. The first-order valence-electron chi connectivity index (χ1n) is 8.30. The van der Waals surface area contributed by atoms with Gasteiger partial charge >= 0.3 is 0 Å². The number of rotatable bonds is 3. The molecule has 3 heterocycles. The van der Waals surface area contributed by atoms with E-state index in [1.807, 2.05) is 40.0 Å². The van der Waals surface area contributed by atoms with Gasteiger partial charge in [0.1, 0.15) is 12.4 Å². The van der Waals surface area contributed by atoms with Crippen molar-refractivity contribution in [3.05, 3.63) is 48.3 Å². The second kappa shape index (κ2) is 6.07. The lowest BCUT2D eigenvalue weighted by molar-refractivity contribution is -0.138. The third-order valence-corrected chi connectivity index (χ3v) is 4.85. The molecule has 1 aromatic carbocycles. The Balaban J connectivity index is 1.46. The number of nitrogens with zero attached hydrogens (tertiary/aromatic N) is 3. The fourth-order valence-corrected chi connectivity index (χ4v) is 3.66. The fourth-order valence-electron chi connectivity index (χ4n) is 3.66. The minimum atomic E-state index is -0.0666. The van der Waals surface area contributed by atoms with Gasteiger partial charge in [-0.2, -0.15) is 5.10 Å². The van der Waals surface area contributed by atoms with Crippen LogP contribution in [0, 0.1) is 5.92 Å². The van der Waals surface area contributed by atoms with Crippen LogP contribution < -0.4 is 4.74 Å². The maximum Gasteiger partial charge on any atom is 0.229 e. The zero-order valence-corrected chi connectivity index (χ0v) is 13.1. The average Bonchev–Trinajstić information content (AvgIpc) is 3.26. The molecule has 1 saturated heterocycles. The molecule has 2 aromatic rings. The van der Waals surface area contributed by atoms with E-state index in [1.54, 1.807) is 6.20 Å². The van der Waals surface area contributed by atoms with E-state index in [0.29, 0.717) is 6.61 Å². The minimum absolute atomic E-state index is 0.0666. The van der Waals surface area contributed by atoms with Crippen LogP contribution in [0.15, 0.2) is 42.7 Å². The van der Waals surface area contributed by atoms with Crippen LogP contribution in [0.5, 0.6) is 5.75 Å². The molecule has 0 saturated carbocycles. The van der Waals surface area contributed by atoms with Crippen LogP contribution >= 0.6 is 0 Å². The zero-order valence-electron chi connectivity index (χ0n) is 13.1. The van der Waals surface area contributed by atoms with Crippen molar-refractivity contribution in [2.45, 2.75) is 31.8 Å². The van der Waals surface area contributed by atoms with E-state index in [1.165, 1.54) is 0 Å². The molecule has 5 heteroatoms. The standard InChI is InChI=1S/C18H21N3O2/c22-18(15-11-14-5-1-2-7-17(14)23-13-15)21-10-3-6-16(21)12-20-9-4-8-19-20/h1-2,4-5,7-9,15-16H,3,6,10-13H2/t15-,16-/m0/s1. The third-order valence-electron chi connectivity index (χ3n) is 4.85. The molecule has 0 unspecified atom stereocenters. The summed E-state index contributed by atoms with van der Waals surface area (Å²) < 4.78 is 7.71. The maximum absolute atomic E-state index is 13.0. The van der Waals surface area contributed by atoms with Crippen LogP contribution in [-0.2, 0) is 17.8 Å². The Morgan fingerprint density at radius 2 is 2.22 bits per heavy atom. The first-order chi connectivity index (χ1) is 11.3. The molecule has 0 aliphatic carbocycles. The SMILES string of the molecule is O=C([C@@H]1COc2ccccc2C1)N1CCC[C@H]1Cn1cccn1. The van der Waals surface area contributed by atoms with E-state index in [-0.39, 0.29) is 17.9 Å². The van der Waals surface area contributed by atoms with Gasteiger partial charge in [0, 0.05) is 18.9 Å². The van der Waals surface area contributed by atoms with Gasteiger partial charge in [-0.15, -0.1) is 0 Å². The number of hydrogen-bond acceptors (Lipinski definition) is 3. The monoisotopic (exact) mass is 311 g/mol. The highest BCUT2D eigenvalue weighted by Gasteiger charge is 2.35. The Morgan fingerprint density at radius 3 is 3.09 bits per heavy atom. The summed E-state index contributed by atoms with van der Waals surface area (Å²) in [5.41, 5.74) is 1.14. The second-order valence-corrected chi connectivity index (χ2v) is 6.38. The predicted molar refractivity (Wildman–Crippen MR) is 86.1 cm³/mol. The highest BCUT2D eigenvalue weighted by Crippen LogP contribution is 2.29. The lowest BCUT2D eigenvalue weighted by atomic mass is 9.95. The molecule has 1 aromatic heterocycles. The normalized spacial score (nSPS) is 23.4. The van der Waals surface area contributed by atoms with Crippen LogP contribution in [0.1, 0.15) is 18.4 Å². The van der Waals surface area contributed by atoms with Gasteiger partial charge in [-0.05, 0) is 37.0 Å². The molecule has 0 spiro atoms. The molecule has 1 amide bonds. The Labute approximate surface area is 135 Å². The van der Waals surface area contributed by atoms with Crippen LogP contribution in [0.25, 0.3) is 0 Å². The molecular weight excluding hydrogens is 290 g/mol. The van der Waals surface area contributed by atoms with E-state index in [0.717, 1.165) is 43.7 Å². The molecule has 2 aliphatic heterocycles. The molecular formula is C18H21N3O2. The summed E-state index contributed by atoms with van der Waals surface area (Å²) in [7, 11) is 0. The molecule has 2 atom stereocenters. The number of carbonyl (C=O) groups is 1. The number of amides is 1. The molecule has 1 fully saturated rings. The number of ether oxygens (including phenoxy) is 1. The minimum Gasteiger partial charge on any atom is -0.492 e. The topological polar surface area (TPSA) is 47.4 Å². The Hall–Kier alpha value is -2.30. The molecule has 4 rings (SSSR count). The van der Waals surface area contributed by atoms with Gasteiger partial charge in [-0.25, -0.2) is 0 Å². The van der Waals surface area contributed by atoms with Crippen LogP contribution in [0.2, 0.25) is 0 Å². The number of hydrogen-bond donors (Lipinski definition) is 0. The molecule has 0 bridgehead atoms. The molecule has 5 nitrogen and oxygen atoms in total. The molecule has 2 aliphatic rings. The molecule has 120 valence electrons. The number of fused-ring (bicyclic) bond motifs is 1. The lowest BCUT2D eigenvalue weighted by Crippen LogP contribution is -2.44. The highest BCUT2D eigenvalue weighted by atomic mass is 16.5. The van der Waals surface area contributed by atoms with Gasteiger partial charge in [0.2, 0.25) is 5.91 Å². The number of carbonyl (C=O) groups excluding carboxylic acids is 1. The van der Waals surface area contributed by atoms with Gasteiger partial charge in [-0.1, -0.05) is 18.2 Å². The number of para-hydroxylation sites is 1. The average molecular weight is 311 g/mol. The maximum atomic E-state index is 13.0. The summed E-state index contributed by atoms with van der Waals surface area (Å²) in [5, 5.41) is 4.27. The van der Waals surface area contributed by atoms with Crippen LogP contribution in [-0.4, -0.2) is 39.8 Å². The van der Waals surface area contributed by atoms with Gasteiger partial charge < -0.3 is 9.64 Å². The summed E-state index contributed by atoms with van der Waals surface area (Å²) in [4.78, 5) is 15.0. The second-order valence-electron chi connectivity index (χ2n) is 6.38. The van der Waals surface area contributed by atoms with Crippen molar-refractivity contribution in [3.8, 4) is 5.75 Å². The van der Waals surface area contributed by atoms with Crippen molar-refractivity contribution in [2.75, 3.05) is 13.2 Å².